The third-order valence-corrected chi connectivity index (χ3v) is 9.40. The van der Waals surface area contributed by atoms with Gasteiger partial charge in [0, 0.05) is 24.7 Å². The molecular formula is C37H70O2. The third-order valence-electron chi connectivity index (χ3n) is 9.40. The molecule has 0 bridgehead atoms. The highest BCUT2D eigenvalue weighted by molar-refractivity contribution is 5.90. The number of hydrogen-bond donors (Lipinski definition) is 0. The van der Waals surface area contributed by atoms with Gasteiger partial charge in [-0.3, -0.25) is 9.59 Å². The average molecular weight is 547 g/mol. The third kappa shape index (κ3) is 20.8. The fourth-order valence-corrected chi connectivity index (χ4v) is 6.74. The van der Waals surface area contributed by atoms with Gasteiger partial charge >= 0.3 is 0 Å². The van der Waals surface area contributed by atoms with Crippen molar-refractivity contribution in [3.63, 3.8) is 0 Å². The molecule has 2 atom stereocenters. The molecule has 0 heterocycles. The molecule has 0 saturated heterocycles. The minimum atomic E-state index is 0.0526. The molecule has 0 amide bonds. The second-order valence-corrected chi connectivity index (χ2v) is 13.1. The Kier molecular flexibility index (Phi) is 25.6. The largest absolute Gasteiger partial charge is 0.299 e. The van der Waals surface area contributed by atoms with Crippen molar-refractivity contribution >= 4 is 11.6 Å². The lowest BCUT2D eigenvalue weighted by molar-refractivity contribution is -0.131. The van der Waals surface area contributed by atoms with Crippen LogP contribution >= 0.6 is 0 Å². The van der Waals surface area contributed by atoms with Crippen molar-refractivity contribution in [3.8, 4) is 0 Å². The Morgan fingerprint density at radius 1 is 0.385 bits per heavy atom. The van der Waals surface area contributed by atoms with Crippen LogP contribution in [-0.2, 0) is 9.59 Å². The van der Waals surface area contributed by atoms with E-state index in [0.717, 1.165) is 32.1 Å². The summed E-state index contributed by atoms with van der Waals surface area (Å²) in [5.74, 6) is 0.909. The van der Waals surface area contributed by atoms with Gasteiger partial charge in [-0.2, -0.15) is 0 Å². The van der Waals surface area contributed by atoms with E-state index in [-0.39, 0.29) is 11.8 Å². The fraction of sp³-hybridized carbons (Fsp3) is 0.946. The summed E-state index contributed by atoms with van der Waals surface area (Å²) in [5, 5.41) is 0. The second-order valence-electron chi connectivity index (χ2n) is 13.1. The molecule has 0 aromatic heterocycles. The maximum Gasteiger partial charge on any atom is 0.136 e. The van der Waals surface area contributed by atoms with Gasteiger partial charge in [-0.05, 0) is 25.7 Å². The molecule has 2 nitrogen and oxygen atoms in total. The summed E-state index contributed by atoms with van der Waals surface area (Å²) >= 11 is 0. The summed E-state index contributed by atoms with van der Waals surface area (Å²) < 4.78 is 0. The van der Waals surface area contributed by atoms with E-state index in [1.165, 1.54) is 154 Å². The number of rotatable bonds is 30. The van der Waals surface area contributed by atoms with Gasteiger partial charge in [0.05, 0.1) is 0 Å². The van der Waals surface area contributed by atoms with E-state index in [4.69, 9.17) is 0 Å². The predicted molar refractivity (Wildman–Crippen MR) is 171 cm³/mol. The van der Waals surface area contributed by atoms with Gasteiger partial charge < -0.3 is 0 Å². The molecule has 1 saturated carbocycles. The van der Waals surface area contributed by atoms with E-state index in [1.807, 2.05) is 0 Å². The van der Waals surface area contributed by atoms with Crippen LogP contribution in [0.25, 0.3) is 0 Å². The topological polar surface area (TPSA) is 34.1 Å². The molecule has 0 aromatic rings. The molecule has 0 radical (unpaired) electrons. The fourth-order valence-electron chi connectivity index (χ4n) is 6.74. The molecule has 0 N–H and O–H groups in total. The highest BCUT2D eigenvalue weighted by Gasteiger charge is 2.36. The van der Waals surface area contributed by atoms with Gasteiger partial charge in [-0.15, -0.1) is 0 Å². The summed E-state index contributed by atoms with van der Waals surface area (Å²) in [6.45, 7) is 4.56. The average Bonchev–Trinajstić information content (AvgIpc) is 3.44. The first-order chi connectivity index (χ1) is 19.2. The van der Waals surface area contributed by atoms with Crippen LogP contribution in [0.4, 0.5) is 0 Å². The van der Waals surface area contributed by atoms with Crippen molar-refractivity contribution in [3.05, 3.63) is 0 Å². The van der Waals surface area contributed by atoms with Crippen LogP contribution in [0.1, 0.15) is 213 Å². The van der Waals surface area contributed by atoms with Crippen LogP contribution in [0.3, 0.4) is 0 Å². The number of unbranched alkanes of at least 4 members (excludes halogenated alkanes) is 24. The van der Waals surface area contributed by atoms with Crippen molar-refractivity contribution in [2.75, 3.05) is 0 Å². The molecule has 0 aromatic carbocycles. The van der Waals surface area contributed by atoms with E-state index >= 15 is 0 Å². The Morgan fingerprint density at radius 2 is 0.615 bits per heavy atom. The Labute approximate surface area is 245 Å². The van der Waals surface area contributed by atoms with Crippen molar-refractivity contribution in [1.29, 1.82) is 0 Å². The SMILES string of the molecule is CCCCCCCCCCCCCCCC(=O)C1CCCC1C(=O)CCCCCCCCCCCCCCC. The van der Waals surface area contributed by atoms with Gasteiger partial charge in [0.15, 0.2) is 0 Å². The zero-order chi connectivity index (χ0) is 28.2. The van der Waals surface area contributed by atoms with Gasteiger partial charge in [0.2, 0.25) is 0 Å². The Morgan fingerprint density at radius 3 is 0.872 bits per heavy atom. The van der Waals surface area contributed by atoms with Crippen LogP contribution in [0.15, 0.2) is 0 Å². The van der Waals surface area contributed by atoms with Gasteiger partial charge in [-0.25, -0.2) is 0 Å². The molecule has 2 heteroatoms. The van der Waals surface area contributed by atoms with Crippen LogP contribution < -0.4 is 0 Å². The highest BCUT2D eigenvalue weighted by atomic mass is 16.1. The summed E-state index contributed by atoms with van der Waals surface area (Å²) in [6.07, 6.45) is 39.2. The minimum absolute atomic E-state index is 0.0526. The normalized spacial score (nSPS) is 17.2. The molecule has 1 aliphatic rings. The second kappa shape index (κ2) is 27.5. The van der Waals surface area contributed by atoms with Crippen LogP contribution in [-0.4, -0.2) is 11.6 Å². The number of ketones is 2. The zero-order valence-electron chi connectivity index (χ0n) is 26.9. The lowest BCUT2D eigenvalue weighted by atomic mass is 9.85. The molecule has 2 unspecified atom stereocenters. The zero-order valence-corrected chi connectivity index (χ0v) is 26.9. The van der Waals surface area contributed by atoms with E-state index < -0.39 is 0 Å². The van der Waals surface area contributed by atoms with E-state index in [1.54, 1.807) is 0 Å². The molecular weight excluding hydrogens is 476 g/mol. The van der Waals surface area contributed by atoms with Crippen molar-refractivity contribution in [1.82, 2.24) is 0 Å². The molecule has 39 heavy (non-hydrogen) atoms. The van der Waals surface area contributed by atoms with E-state index in [0.29, 0.717) is 24.4 Å². The molecule has 1 fully saturated rings. The van der Waals surface area contributed by atoms with Crippen LogP contribution in [0.2, 0.25) is 0 Å². The summed E-state index contributed by atoms with van der Waals surface area (Å²) in [7, 11) is 0. The summed E-state index contributed by atoms with van der Waals surface area (Å²) in [5.41, 5.74) is 0. The van der Waals surface area contributed by atoms with E-state index in [2.05, 4.69) is 13.8 Å². The van der Waals surface area contributed by atoms with Crippen molar-refractivity contribution < 1.29 is 9.59 Å². The van der Waals surface area contributed by atoms with Crippen molar-refractivity contribution in [2.24, 2.45) is 11.8 Å². The maximum atomic E-state index is 12.9. The number of Topliss-reactive ketones (excluding diaryl/α,β-unsaturated/α-hetero) is 2. The first-order valence-corrected chi connectivity index (χ1v) is 18.3. The highest BCUT2D eigenvalue weighted by Crippen LogP contribution is 2.35. The molecule has 0 spiro atoms. The Balaban J connectivity index is 1.96. The Bertz CT molecular complexity index is 506. The van der Waals surface area contributed by atoms with Gasteiger partial charge in [0.1, 0.15) is 11.6 Å². The minimum Gasteiger partial charge on any atom is -0.299 e. The lowest BCUT2D eigenvalue weighted by Gasteiger charge is -2.17. The summed E-state index contributed by atoms with van der Waals surface area (Å²) in [6, 6.07) is 0. The Hall–Kier alpha value is -0.660. The molecule has 230 valence electrons. The first kappa shape index (κ1) is 36.4. The number of carbonyl (C=O) groups excluding carboxylic acids is 2. The smallest absolute Gasteiger partial charge is 0.136 e. The molecule has 1 aliphatic carbocycles. The van der Waals surface area contributed by atoms with Crippen LogP contribution in [0, 0.1) is 11.8 Å². The standard InChI is InChI=1S/C37H70O2/c1-3-5-7-9-11-13-15-17-19-21-23-25-27-32-36(38)34-30-29-31-35(34)37(39)33-28-26-24-22-20-18-16-14-12-10-8-6-4-2/h34-35H,3-33H2,1-2H3. The quantitative estimate of drug-likeness (QED) is 0.0839. The predicted octanol–water partition coefficient (Wildman–Crippen LogP) is 12.5. The van der Waals surface area contributed by atoms with Gasteiger partial charge in [0.25, 0.3) is 0 Å². The van der Waals surface area contributed by atoms with Crippen molar-refractivity contribution in [2.45, 2.75) is 213 Å². The van der Waals surface area contributed by atoms with Gasteiger partial charge in [-0.1, -0.05) is 174 Å². The van der Waals surface area contributed by atoms with Crippen LogP contribution in [0.5, 0.6) is 0 Å². The molecule has 1 rings (SSSR count). The number of carbonyl (C=O) groups is 2. The first-order valence-electron chi connectivity index (χ1n) is 18.3. The number of hydrogen-bond acceptors (Lipinski definition) is 2. The lowest BCUT2D eigenvalue weighted by Crippen LogP contribution is -2.25. The maximum absolute atomic E-state index is 12.9. The molecule has 0 aliphatic heterocycles. The monoisotopic (exact) mass is 547 g/mol. The van der Waals surface area contributed by atoms with E-state index in [9.17, 15) is 9.59 Å². The summed E-state index contributed by atoms with van der Waals surface area (Å²) in [4.78, 5) is 25.8.